The number of carbonyl (C=O) groups excluding carboxylic acids is 1. The third kappa shape index (κ3) is 4.20. The van der Waals surface area contributed by atoms with Gasteiger partial charge in [0, 0.05) is 18.7 Å². The molecule has 2 aromatic heterocycles. The Morgan fingerprint density at radius 3 is 3.11 bits per heavy atom. The molecule has 2 N–H and O–H groups in total. The zero-order valence-corrected chi connectivity index (χ0v) is 11.0. The van der Waals surface area contributed by atoms with Gasteiger partial charge in [-0.15, -0.1) is 0 Å². The molecule has 2 aromatic rings. The number of hydrogen-bond donors (Lipinski definition) is 2. The zero-order valence-electron chi connectivity index (χ0n) is 11.0. The fourth-order valence-electron chi connectivity index (χ4n) is 1.79. The van der Waals surface area contributed by atoms with Crippen LogP contribution in [-0.4, -0.2) is 37.4 Å². The van der Waals surface area contributed by atoms with Gasteiger partial charge in [0.25, 0.3) is 0 Å². The van der Waals surface area contributed by atoms with Gasteiger partial charge in [0.2, 0.25) is 5.91 Å². The van der Waals surface area contributed by atoms with Crippen LogP contribution in [0.3, 0.4) is 0 Å². The van der Waals surface area contributed by atoms with Crippen LogP contribution in [0.5, 0.6) is 0 Å². The molecule has 0 aliphatic carbocycles. The number of amides is 1. The van der Waals surface area contributed by atoms with Crippen molar-refractivity contribution in [2.24, 2.45) is 0 Å². The summed E-state index contributed by atoms with van der Waals surface area (Å²) in [4.78, 5) is 15.4. The quantitative estimate of drug-likeness (QED) is 0.709. The molecule has 2 heterocycles. The maximum absolute atomic E-state index is 11.6. The van der Waals surface area contributed by atoms with E-state index in [1.54, 1.807) is 11.0 Å². The Kier molecular flexibility index (Phi) is 4.66. The standard InChI is InChI=1S/C12H18N6O/c1-10-11(7-15-17-10)3-2-5-14-12(19)4-6-18-9-13-8-16-18/h7-9H,2-6H2,1H3,(H,14,19)(H,15,17). The lowest BCUT2D eigenvalue weighted by Crippen LogP contribution is -2.25. The second kappa shape index (κ2) is 6.67. The lowest BCUT2D eigenvalue weighted by molar-refractivity contribution is -0.121. The minimum Gasteiger partial charge on any atom is -0.356 e. The molecule has 1 amide bonds. The van der Waals surface area contributed by atoms with Crippen LogP contribution in [0.15, 0.2) is 18.9 Å². The van der Waals surface area contributed by atoms with Gasteiger partial charge in [-0.3, -0.25) is 14.6 Å². The van der Waals surface area contributed by atoms with Crippen LogP contribution in [-0.2, 0) is 17.8 Å². The van der Waals surface area contributed by atoms with Gasteiger partial charge in [-0.25, -0.2) is 4.98 Å². The maximum atomic E-state index is 11.6. The number of aromatic amines is 1. The Balaban J connectivity index is 1.58. The highest BCUT2D eigenvalue weighted by Crippen LogP contribution is 2.04. The molecule has 19 heavy (non-hydrogen) atoms. The van der Waals surface area contributed by atoms with Gasteiger partial charge in [0.1, 0.15) is 12.7 Å². The number of H-pyrrole nitrogens is 1. The zero-order chi connectivity index (χ0) is 13.5. The number of hydrogen-bond acceptors (Lipinski definition) is 4. The molecule has 0 saturated carbocycles. The lowest BCUT2D eigenvalue weighted by atomic mass is 10.1. The summed E-state index contributed by atoms with van der Waals surface area (Å²) in [7, 11) is 0. The minimum atomic E-state index is 0.0411. The van der Waals surface area contributed by atoms with Crippen LogP contribution < -0.4 is 5.32 Å². The largest absolute Gasteiger partial charge is 0.356 e. The molecular weight excluding hydrogens is 244 g/mol. The summed E-state index contributed by atoms with van der Waals surface area (Å²) in [5, 5.41) is 13.7. The van der Waals surface area contributed by atoms with E-state index in [2.05, 4.69) is 25.6 Å². The Bertz CT molecular complexity index is 504. The average Bonchev–Trinajstić information content (AvgIpc) is 3.04. The summed E-state index contributed by atoms with van der Waals surface area (Å²) in [5.74, 6) is 0.0411. The molecular formula is C12H18N6O. The third-order valence-electron chi connectivity index (χ3n) is 2.91. The van der Waals surface area contributed by atoms with E-state index in [0.717, 1.165) is 18.5 Å². The molecule has 0 bridgehead atoms. The van der Waals surface area contributed by atoms with E-state index in [9.17, 15) is 4.79 Å². The molecule has 2 rings (SSSR count). The normalized spacial score (nSPS) is 10.6. The second-order valence-corrected chi connectivity index (χ2v) is 4.38. The van der Waals surface area contributed by atoms with Crippen molar-refractivity contribution in [2.45, 2.75) is 32.7 Å². The first-order chi connectivity index (χ1) is 9.25. The molecule has 0 spiro atoms. The molecule has 0 saturated heterocycles. The van der Waals surface area contributed by atoms with E-state index in [4.69, 9.17) is 0 Å². The smallest absolute Gasteiger partial charge is 0.221 e. The monoisotopic (exact) mass is 262 g/mol. The van der Waals surface area contributed by atoms with Crippen LogP contribution in [0, 0.1) is 6.92 Å². The van der Waals surface area contributed by atoms with Gasteiger partial charge in [0.05, 0.1) is 12.7 Å². The Labute approximate surface area is 111 Å². The van der Waals surface area contributed by atoms with E-state index in [-0.39, 0.29) is 5.91 Å². The molecule has 0 atom stereocenters. The molecule has 0 aromatic carbocycles. The predicted molar refractivity (Wildman–Crippen MR) is 69.3 cm³/mol. The Hall–Kier alpha value is -2.18. The van der Waals surface area contributed by atoms with Crippen LogP contribution in [0.1, 0.15) is 24.1 Å². The SMILES string of the molecule is Cc1[nH]ncc1CCCNC(=O)CCn1cncn1. The molecule has 7 nitrogen and oxygen atoms in total. The number of rotatable bonds is 7. The van der Waals surface area contributed by atoms with Crippen molar-refractivity contribution in [3.63, 3.8) is 0 Å². The second-order valence-electron chi connectivity index (χ2n) is 4.38. The number of aromatic nitrogens is 5. The first-order valence-corrected chi connectivity index (χ1v) is 6.33. The van der Waals surface area contributed by atoms with E-state index in [0.29, 0.717) is 19.5 Å². The predicted octanol–water partition coefficient (Wildman–Crippen LogP) is 0.449. The van der Waals surface area contributed by atoms with Crippen molar-refractivity contribution in [3.05, 3.63) is 30.1 Å². The summed E-state index contributed by atoms with van der Waals surface area (Å²) in [6.45, 7) is 3.24. The van der Waals surface area contributed by atoms with Gasteiger partial charge >= 0.3 is 0 Å². The van der Waals surface area contributed by atoms with Crippen molar-refractivity contribution < 1.29 is 4.79 Å². The summed E-state index contributed by atoms with van der Waals surface area (Å²) < 4.78 is 1.65. The molecule has 7 heteroatoms. The summed E-state index contributed by atoms with van der Waals surface area (Å²) in [6, 6.07) is 0. The summed E-state index contributed by atoms with van der Waals surface area (Å²) >= 11 is 0. The molecule has 0 radical (unpaired) electrons. The van der Waals surface area contributed by atoms with Crippen LogP contribution in [0.2, 0.25) is 0 Å². The number of carbonyl (C=O) groups is 1. The molecule has 0 unspecified atom stereocenters. The molecule has 0 aliphatic rings. The number of nitrogens with one attached hydrogen (secondary N) is 2. The van der Waals surface area contributed by atoms with Gasteiger partial charge < -0.3 is 5.32 Å². The molecule has 0 aliphatic heterocycles. The van der Waals surface area contributed by atoms with Crippen molar-refractivity contribution in [2.75, 3.05) is 6.54 Å². The number of aryl methyl sites for hydroxylation is 3. The molecule has 0 fully saturated rings. The van der Waals surface area contributed by atoms with Crippen molar-refractivity contribution in [1.82, 2.24) is 30.3 Å². The Morgan fingerprint density at radius 2 is 2.42 bits per heavy atom. The summed E-state index contributed by atoms with van der Waals surface area (Å²) in [6.07, 6.45) is 7.16. The highest BCUT2D eigenvalue weighted by Gasteiger charge is 2.03. The van der Waals surface area contributed by atoms with Gasteiger partial charge in [-0.1, -0.05) is 0 Å². The molecule has 102 valence electrons. The van der Waals surface area contributed by atoms with Gasteiger partial charge in [-0.05, 0) is 25.3 Å². The third-order valence-corrected chi connectivity index (χ3v) is 2.91. The average molecular weight is 262 g/mol. The van der Waals surface area contributed by atoms with Crippen molar-refractivity contribution in [1.29, 1.82) is 0 Å². The van der Waals surface area contributed by atoms with Crippen LogP contribution in [0.25, 0.3) is 0 Å². The fraction of sp³-hybridized carbons (Fsp3) is 0.500. The fourth-order valence-corrected chi connectivity index (χ4v) is 1.79. The van der Waals surface area contributed by atoms with Gasteiger partial charge in [-0.2, -0.15) is 10.2 Å². The van der Waals surface area contributed by atoms with Gasteiger partial charge in [0.15, 0.2) is 0 Å². The minimum absolute atomic E-state index is 0.0411. The highest BCUT2D eigenvalue weighted by atomic mass is 16.1. The van der Waals surface area contributed by atoms with Crippen LogP contribution >= 0.6 is 0 Å². The first kappa shape index (κ1) is 13.3. The van der Waals surface area contributed by atoms with E-state index in [1.165, 1.54) is 11.9 Å². The number of nitrogens with zero attached hydrogens (tertiary/aromatic N) is 4. The topological polar surface area (TPSA) is 88.5 Å². The van der Waals surface area contributed by atoms with Crippen molar-refractivity contribution in [3.8, 4) is 0 Å². The van der Waals surface area contributed by atoms with E-state index in [1.807, 2.05) is 13.1 Å². The highest BCUT2D eigenvalue weighted by molar-refractivity contribution is 5.75. The van der Waals surface area contributed by atoms with Crippen LogP contribution in [0.4, 0.5) is 0 Å². The van der Waals surface area contributed by atoms with E-state index >= 15 is 0 Å². The van der Waals surface area contributed by atoms with Crippen molar-refractivity contribution >= 4 is 5.91 Å². The maximum Gasteiger partial charge on any atom is 0.221 e. The lowest BCUT2D eigenvalue weighted by Gasteiger charge is -2.05. The summed E-state index contributed by atoms with van der Waals surface area (Å²) in [5.41, 5.74) is 2.30. The first-order valence-electron chi connectivity index (χ1n) is 6.33. The van der Waals surface area contributed by atoms with E-state index < -0.39 is 0 Å². The Morgan fingerprint density at radius 1 is 1.53 bits per heavy atom.